The number of amides is 3. The van der Waals surface area contributed by atoms with E-state index in [1.54, 1.807) is 4.68 Å². The van der Waals surface area contributed by atoms with Gasteiger partial charge in [0.05, 0.1) is 12.2 Å². The van der Waals surface area contributed by atoms with Crippen molar-refractivity contribution in [2.75, 3.05) is 7.05 Å². The highest BCUT2D eigenvalue weighted by atomic mass is 16.2. The Labute approximate surface area is 110 Å². The van der Waals surface area contributed by atoms with E-state index < -0.39 is 6.03 Å². The molecule has 19 heavy (non-hydrogen) atoms. The van der Waals surface area contributed by atoms with Crippen LogP contribution in [-0.2, 0) is 17.9 Å². The summed E-state index contributed by atoms with van der Waals surface area (Å²) in [6.45, 7) is 1.11. The molecular formula is C11H18N6O2. The summed E-state index contributed by atoms with van der Waals surface area (Å²) in [7, 11) is 1.46. The summed E-state index contributed by atoms with van der Waals surface area (Å²) >= 11 is 0. The number of nitrogens with zero attached hydrogens (tertiary/aromatic N) is 3. The molecule has 0 aliphatic heterocycles. The maximum atomic E-state index is 11.4. The van der Waals surface area contributed by atoms with Gasteiger partial charge < -0.3 is 10.6 Å². The van der Waals surface area contributed by atoms with Crippen molar-refractivity contribution in [2.24, 2.45) is 0 Å². The highest BCUT2D eigenvalue weighted by Gasteiger charge is 2.20. The van der Waals surface area contributed by atoms with E-state index in [0.29, 0.717) is 19.1 Å². The fourth-order valence-corrected chi connectivity index (χ4v) is 1.53. The lowest BCUT2D eigenvalue weighted by atomic mass is 10.4. The molecule has 3 N–H and O–H groups in total. The minimum Gasteiger partial charge on any atom is -0.341 e. The number of nitrogens with one attached hydrogen (secondary N) is 3. The maximum absolute atomic E-state index is 11.4. The summed E-state index contributed by atoms with van der Waals surface area (Å²) < 4.78 is 1.60. The number of aromatic nitrogens is 3. The summed E-state index contributed by atoms with van der Waals surface area (Å²) in [5.41, 5.74) is 0.860. The lowest BCUT2D eigenvalue weighted by Gasteiger charge is -2.02. The van der Waals surface area contributed by atoms with Crippen molar-refractivity contribution in [1.82, 2.24) is 30.9 Å². The van der Waals surface area contributed by atoms with Crippen LogP contribution in [-0.4, -0.2) is 40.0 Å². The number of carbonyl (C=O) groups excluding carboxylic acids is 2. The number of rotatable bonds is 6. The van der Waals surface area contributed by atoms with Gasteiger partial charge in [-0.1, -0.05) is 5.21 Å². The largest absolute Gasteiger partial charge is 0.341 e. The molecule has 0 spiro atoms. The quantitative estimate of drug-likeness (QED) is 0.637. The summed E-state index contributed by atoms with van der Waals surface area (Å²) in [6, 6.07) is 0.126. The third-order valence-electron chi connectivity index (χ3n) is 2.78. The van der Waals surface area contributed by atoms with Crippen molar-refractivity contribution in [3.05, 3.63) is 11.9 Å². The monoisotopic (exact) mass is 266 g/mol. The Balaban J connectivity index is 1.69. The predicted molar refractivity (Wildman–Crippen MR) is 67.1 cm³/mol. The van der Waals surface area contributed by atoms with Crippen LogP contribution < -0.4 is 16.0 Å². The number of hydrogen-bond acceptors (Lipinski definition) is 5. The second kappa shape index (κ2) is 6.28. The molecule has 8 heteroatoms. The van der Waals surface area contributed by atoms with Gasteiger partial charge in [0, 0.05) is 32.3 Å². The van der Waals surface area contributed by atoms with E-state index in [9.17, 15) is 9.59 Å². The van der Waals surface area contributed by atoms with Crippen LogP contribution in [0.5, 0.6) is 0 Å². The second-order valence-electron chi connectivity index (χ2n) is 4.51. The van der Waals surface area contributed by atoms with Crippen molar-refractivity contribution in [3.63, 3.8) is 0 Å². The molecule has 0 unspecified atom stereocenters. The summed E-state index contributed by atoms with van der Waals surface area (Å²) in [5, 5.41) is 15.8. The lowest BCUT2D eigenvalue weighted by Crippen LogP contribution is -2.37. The van der Waals surface area contributed by atoms with E-state index in [1.807, 2.05) is 6.20 Å². The molecule has 1 saturated carbocycles. The molecule has 104 valence electrons. The molecule has 1 heterocycles. The molecular weight excluding hydrogens is 248 g/mol. The van der Waals surface area contributed by atoms with Gasteiger partial charge >= 0.3 is 6.03 Å². The van der Waals surface area contributed by atoms with Crippen LogP contribution >= 0.6 is 0 Å². The van der Waals surface area contributed by atoms with E-state index in [-0.39, 0.29) is 12.3 Å². The van der Waals surface area contributed by atoms with Crippen LogP contribution in [0, 0.1) is 0 Å². The predicted octanol–water partition coefficient (Wildman–Crippen LogP) is -0.624. The Hall–Kier alpha value is -1.96. The second-order valence-corrected chi connectivity index (χ2v) is 4.51. The average molecular weight is 266 g/mol. The first-order valence-electron chi connectivity index (χ1n) is 6.31. The highest BCUT2D eigenvalue weighted by Crippen LogP contribution is 2.18. The first-order chi connectivity index (χ1) is 9.17. The third kappa shape index (κ3) is 4.66. The molecule has 3 amide bonds. The van der Waals surface area contributed by atoms with Crippen molar-refractivity contribution in [1.29, 1.82) is 0 Å². The SMILES string of the molecule is CNC(=O)NC(=O)CCn1cc(CNC2CC2)nn1. The average Bonchev–Trinajstić information content (AvgIpc) is 3.12. The van der Waals surface area contributed by atoms with Gasteiger partial charge in [0.2, 0.25) is 5.91 Å². The zero-order chi connectivity index (χ0) is 13.7. The van der Waals surface area contributed by atoms with E-state index in [0.717, 1.165) is 5.69 Å². The zero-order valence-corrected chi connectivity index (χ0v) is 10.8. The molecule has 1 aromatic heterocycles. The van der Waals surface area contributed by atoms with Gasteiger partial charge in [-0.3, -0.25) is 14.8 Å². The van der Waals surface area contributed by atoms with Gasteiger partial charge in [-0.25, -0.2) is 4.79 Å². The van der Waals surface area contributed by atoms with Gasteiger partial charge in [0.15, 0.2) is 0 Å². The first kappa shape index (κ1) is 13.5. The third-order valence-corrected chi connectivity index (χ3v) is 2.78. The van der Waals surface area contributed by atoms with Crippen LogP contribution in [0.15, 0.2) is 6.20 Å². The fraction of sp³-hybridized carbons (Fsp3) is 0.636. The Kier molecular flexibility index (Phi) is 4.45. The molecule has 0 radical (unpaired) electrons. The number of aryl methyl sites for hydroxylation is 1. The minimum absolute atomic E-state index is 0.187. The van der Waals surface area contributed by atoms with Crippen molar-refractivity contribution < 1.29 is 9.59 Å². The first-order valence-corrected chi connectivity index (χ1v) is 6.31. The number of hydrogen-bond donors (Lipinski definition) is 3. The van der Waals surface area contributed by atoms with Crippen LogP contribution in [0.2, 0.25) is 0 Å². The Morgan fingerprint density at radius 1 is 1.47 bits per heavy atom. The fourth-order valence-electron chi connectivity index (χ4n) is 1.53. The lowest BCUT2D eigenvalue weighted by molar-refractivity contribution is -0.120. The molecule has 0 saturated heterocycles. The van der Waals surface area contributed by atoms with E-state index in [1.165, 1.54) is 19.9 Å². The molecule has 1 aromatic rings. The molecule has 0 atom stereocenters. The summed E-state index contributed by atoms with van der Waals surface area (Å²) in [5.74, 6) is -0.340. The van der Waals surface area contributed by atoms with Crippen LogP contribution in [0.3, 0.4) is 0 Å². The summed E-state index contributed by atoms with van der Waals surface area (Å²) in [4.78, 5) is 22.3. The Morgan fingerprint density at radius 3 is 2.95 bits per heavy atom. The van der Waals surface area contributed by atoms with Crippen LogP contribution in [0.4, 0.5) is 4.79 Å². The van der Waals surface area contributed by atoms with E-state index in [4.69, 9.17) is 0 Å². The zero-order valence-electron chi connectivity index (χ0n) is 10.8. The molecule has 0 aromatic carbocycles. The number of urea groups is 1. The highest BCUT2D eigenvalue weighted by molar-refractivity contribution is 5.94. The Morgan fingerprint density at radius 2 is 2.26 bits per heavy atom. The van der Waals surface area contributed by atoms with Gasteiger partial charge in [0.1, 0.15) is 0 Å². The molecule has 1 aliphatic rings. The van der Waals surface area contributed by atoms with Gasteiger partial charge in [-0.2, -0.15) is 0 Å². The Bertz CT molecular complexity index is 454. The standard InChI is InChI=1S/C11H18N6O2/c1-12-11(19)14-10(18)4-5-17-7-9(15-16-17)6-13-8-2-3-8/h7-8,13H,2-6H2,1H3,(H2,12,14,18,19). The van der Waals surface area contributed by atoms with Crippen LogP contribution in [0.1, 0.15) is 25.0 Å². The van der Waals surface area contributed by atoms with E-state index >= 15 is 0 Å². The molecule has 0 bridgehead atoms. The summed E-state index contributed by atoms with van der Waals surface area (Å²) in [6.07, 6.45) is 4.45. The van der Waals surface area contributed by atoms with E-state index in [2.05, 4.69) is 26.3 Å². The normalized spacial score (nSPS) is 14.2. The molecule has 2 rings (SSSR count). The molecule has 8 nitrogen and oxygen atoms in total. The van der Waals surface area contributed by atoms with Crippen molar-refractivity contribution in [3.8, 4) is 0 Å². The molecule has 1 fully saturated rings. The van der Waals surface area contributed by atoms with Gasteiger partial charge in [-0.15, -0.1) is 5.10 Å². The van der Waals surface area contributed by atoms with Gasteiger partial charge in [-0.05, 0) is 12.8 Å². The van der Waals surface area contributed by atoms with Crippen molar-refractivity contribution in [2.45, 2.75) is 38.4 Å². The van der Waals surface area contributed by atoms with Gasteiger partial charge in [0.25, 0.3) is 0 Å². The van der Waals surface area contributed by atoms with Crippen LogP contribution in [0.25, 0.3) is 0 Å². The number of carbonyl (C=O) groups is 2. The van der Waals surface area contributed by atoms with Crippen molar-refractivity contribution >= 4 is 11.9 Å². The number of imide groups is 1. The maximum Gasteiger partial charge on any atom is 0.321 e. The minimum atomic E-state index is -0.502. The topological polar surface area (TPSA) is 101 Å². The smallest absolute Gasteiger partial charge is 0.321 e. The molecule has 1 aliphatic carbocycles.